The topological polar surface area (TPSA) is 45.5 Å². The number of hydrogen-bond acceptors (Lipinski definition) is 4. The molecule has 1 N–H and O–H groups in total. The predicted octanol–water partition coefficient (Wildman–Crippen LogP) is 8.35. The Bertz CT molecular complexity index is 1710. The van der Waals surface area contributed by atoms with E-state index in [0.717, 1.165) is 51.4 Å². The Hall–Kier alpha value is -3.38. The SMILES string of the molecule is Clc1ccc(Nc2cc3nc4ccccc4n(-c4ccc(Cl)cc4)c-3cc2=NC[C@@H]2CCCN3CCCC[C@@H]23)cc1. The highest BCUT2D eigenvalue weighted by Crippen LogP contribution is 2.33. The molecule has 0 spiro atoms. The summed E-state index contributed by atoms with van der Waals surface area (Å²) in [5.74, 6) is 0.584. The van der Waals surface area contributed by atoms with E-state index in [2.05, 4.69) is 57.2 Å². The van der Waals surface area contributed by atoms with Gasteiger partial charge in [0.15, 0.2) is 0 Å². The van der Waals surface area contributed by atoms with Crippen LogP contribution >= 0.6 is 23.2 Å². The number of nitrogens with one attached hydrogen (secondary N) is 1. The molecule has 7 heteroatoms. The van der Waals surface area contributed by atoms with Crippen molar-refractivity contribution >= 4 is 45.6 Å². The monoisotopic (exact) mass is 581 g/mol. The highest BCUT2D eigenvalue weighted by Gasteiger charge is 2.32. The van der Waals surface area contributed by atoms with Gasteiger partial charge < -0.3 is 14.8 Å². The Kier molecular flexibility index (Phi) is 7.42. The first-order chi connectivity index (χ1) is 20.1. The summed E-state index contributed by atoms with van der Waals surface area (Å²) in [5.41, 5.74) is 6.81. The Labute approximate surface area is 250 Å². The molecule has 7 rings (SSSR count). The minimum Gasteiger partial charge on any atom is -0.354 e. The van der Waals surface area contributed by atoms with Gasteiger partial charge in [0.25, 0.3) is 0 Å². The molecule has 208 valence electrons. The summed E-state index contributed by atoms with van der Waals surface area (Å²) < 4.78 is 2.27. The number of aromatic nitrogens is 2. The zero-order chi connectivity index (χ0) is 27.8. The first-order valence-corrected chi connectivity index (χ1v) is 15.4. The van der Waals surface area contributed by atoms with E-state index in [0.29, 0.717) is 22.0 Å². The molecule has 3 aliphatic heterocycles. The van der Waals surface area contributed by atoms with Crippen molar-refractivity contribution in [1.82, 2.24) is 14.5 Å². The third kappa shape index (κ3) is 5.46. The molecule has 3 aromatic rings. The van der Waals surface area contributed by atoms with Gasteiger partial charge in [0, 0.05) is 34.0 Å². The quantitative estimate of drug-likeness (QED) is 0.212. The summed E-state index contributed by atoms with van der Waals surface area (Å²) in [4.78, 5) is 13.1. The fourth-order valence-electron chi connectivity index (χ4n) is 6.64. The number of para-hydroxylation sites is 2. The molecule has 1 aliphatic carbocycles. The summed E-state index contributed by atoms with van der Waals surface area (Å²) in [6, 6.07) is 29.1. The Morgan fingerprint density at radius 3 is 2.41 bits per heavy atom. The van der Waals surface area contributed by atoms with Crippen LogP contribution in [0, 0.1) is 5.92 Å². The van der Waals surface area contributed by atoms with E-state index < -0.39 is 0 Å². The van der Waals surface area contributed by atoms with Crippen molar-refractivity contribution in [2.45, 2.75) is 38.1 Å². The second-order valence-corrected chi connectivity index (χ2v) is 12.1. The number of rotatable bonds is 5. The van der Waals surface area contributed by atoms with Gasteiger partial charge >= 0.3 is 0 Å². The second-order valence-electron chi connectivity index (χ2n) is 11.2. The van der Waals surface area contributed by atoms with Crippen LogP contribution in [0.5, 0.6) is 0 Å². The van der Waals surface area contributed by atoms with Gasteiger partial charge in [0.2, 0.25) is 0 Å². The van der Waals surface area contributed by atoms with Crippen LogP contribution in [0.15, 0.2) is 89.9 Å². The Morgan fingerprint density at radius 2 is 1.59 bits per heavy atom. The van der Waals surface area contributed by atoms with Crippen molar-refractivity contribution in [3.63, 3.8) is 0 Å². The first kappa shape index (κ1) is 26.5. The van der Waals surface area contributed by atoms with Crippen molar-refractivity contribution in [1.29, 1.82) is 0 Å². The molecule has 0 radical (unpaired) electrons. The maximum absolute atomic E-state index is 6.28. The summed E-state index contributed by atoms with van der Waals surface area (Å²) in [7, 11) is 0. The molecule has 4 aliphatic rings. The molecule has 0 aromatic heterocycles. The zero-order valence-corrected chi connectivity index (χ0v) is 24.5. The maximum Gasteiger partial charge on any atom is 0.0900 e. The lowest BCUT2D eigenvalue weighted by molar-refractivity contribution is 0.0631. The lowest BCUT2D eigenvalue weighted by Crippen LogP contribution is -2.48. The van der Waals surface area contributed by atoms with Gasteiger partial charge in [-0.15, -0.1) is 0 Å². The van der Waals surface area contributed by atoms with E-state index in [1.165, 1.54) is 45.2 Å². The summed E-state index contributed by atoms with van der Waals surface area (Å²) in [6.07, 6.45) is 6.45. The van der Waals surface area contributed by atoms with Crippen LogP contribution < -0.4 is 10.7 Å². The van der Waals surface area contributed by atoms with Gasteiger partial charge in [-0.2, -0.15) is 0 Å². The standard InChI is InChI=1S/C34H33Cl2N5/c35-24-10-14-26(15-11-24)38-30-20-31-34(21-29(30)37-22-23-6-5-19-40-18-4-3-8-32(23)40)41(27-16-12-25(36)13-17-27)33-9-2-1-7-28(33)39-31/h1-2,7,9-17,20-21,23,32,38H,3-6,8,18-19,22H2/t23-,32-/m0/s1. The smallest absolute Gasteiger partial charge is 0.0900 e. The first-order valence-electron chi connectivity index (χ1n) is 14.6. The van der Waals surface area contributed by atoms with Crippen molar-refractivity contribution in [2.24, 2.45) is 10.9 Å². The fourth-order valence-corrected chi connectivity index (χ4v) is 6.89. The van der Waals surface area contributed by atoms with Crippen LogP contribution in [0.4, 0.5) is 11.4 Å². The minimum absolute atomic E-state index is 0.584. The third-order valence-corrected chi connectivity index (χ3v) is 9.13. The number of fused-ring (bicyclic) bond motifs is 3. The van der Waals surface area contributed by atoms with E-state index in [4.69, 9.17) is 33.2 Å². The molecule has 2 saturated heterocycles. The van der Waals surface area contributed by atoms with Crippen molar-refractivity contribution < 1.29 is 0 Å². The van der Waals surface area contributed by atoms with Crippen LogP contribution in [0.25, 0.3) is 28.1 Å². The van der Waals surface area contributed by atoms with Gasteiger partial charge in [0.05, 0.1) is 33.5 Å². The van der Waals surface area contributed by atoms with E-state index in [1.807, 2.05) is 42.5 Å². The number of nitrogens with zero attached hydrogens (tertiary/aromatic N) is 4. The zero-order valence-electron chi connectivity index (χ0n) is 22.9. The van der Waals surface area contributed by atoms with Crippen LogP contribution in [0.1, 0.15) is 32.1 Å². The van der Waals surface area contributed by atoms with E-state index >= 15 is 0 Å². The summed E-state index contributed by atoms with van der Waals surface area (Å²) in [6.45, 7) is 3.30. The number of anilines is 2. The lowest BCUT2D eigenvalue weighted by Gasteiger charge is -2.44. The molecule has 3 aromatic carbocycles. The molecular weight excluding hydrogens is 549 g/mol. The largest absolute Gasteiger partial charge is 0.354 e. The van der Waals surface area contributed by atoms with Crippen molar-refractivity contribution in [2.75, 3.05) is 25.0 Å². The average molecular weight is 583 g/mol. The van der Waals surface area contributed by atoms with Gasteiger partial charge in [-0.1, -0.05) is 41.8 Å². The second kappa shape index (κ2) is 11.5. The van der Waals surface area contributed by atoms with E-state index in [1.54, 1.807) is 0 Å². The predicted molar refractivity (Wildman–Crippen MR) is 170 cm³/mol. The Morgan fingerprint density at radius 1 is 0.829 bits per heavy atom. The summed E-state index contributed by atoms with van der Waals surface area (Å²) >= 11 is 12.5. The van der Waals surface area contributed by atoms with Crippen LogP contribution in [-0.4, -0.2) is 40.1 Å². The maximum atomic E-state index is 6.28. The number of halogens is 2. The van der Waals surface area contributed by atoms with Crippen molar-refractivity contribution in [3.05, 3.63) is 100 Å². The molecule has 41 heavy (non-hydrogen) atoms. The van der Waals surface area contributed by atoms with Gasteiger partial charge in [0.1, 0.15) is 0 Å². The van der Waals surface area contributed by atoms with Gasteiger partial charge in [-0.05, 0) is 117 Å². The highest BCUT2D eigenvalue weighted by molar-refractivity contribution is 6.30. The fraction of sp³-hybridized carbons (Fsp3) is 0.294. The molecule has 0 amide bonds. The molecule has 0 bridgehead atoms. The van der Waals surface area contributed by atoms with Gasteiger partial charge in [-0.25, -0.2) is 4.98 Å². The average Bonchev–Trinajstić information content (AvgIpc) is 3.00. The summed E-state index contributed by atoms with van der Waals surface area (Å²) in [5, 5.41) is 5.99. The molecule has 2 atom stereocenters. The number of piperidine rings is 2. The molecule has 3 heterocycles. The molecule has 2 fully saturated rings. The highest BCUT2D eigenvalue weighted by atomic mass is 35.5. The van der Waals surface area contributed by atoms with Crippen molar-refractivity contribution in [3.8, 4) is 17.1 Å². The molecular formula is C34H33Cl2N5. The molecule has 0 unspecified atom stereocenters. The molecule has 0 saturated carbocycles. The van der Waals surface area contributed by atoms with Crippen LogP contribution in [0.2, 0.25) is 10.0 Å². The third-order valence-electron chi connectivity index (χ3n) is 8.63. The van der Waals surface area contributed by atoms with Crippen LogP contribution in [0.3, 0.4) is 0 Å². The number of benzene rings is 4. The number of hydrogen-bond donors (Lipinski definition) is 1. The van der Waals surface area contributed by atoms with Gasteiger partial charge in [-0.3, -0.25) is 4.99 Å². The molecule has 5 nitrogen and oxygen atoms in total. The van der Waals surface area contributed by atoms with Crippen LogP contribution in [-0.2, 0) is 0 Å². The van der Waals surface area contributed by atoms with E-state index in [9.17, 15) is 0 Å². The minimum atomic E-state index is 0.584. The van der Waals surface area contributed by atoms with E-state index in [-0.39, 0.29) is 0 Å². The normalized spacial score (nSPS) is 19.9. The lowest BCUT2D eigenvalue weighted by atomic mass is 9.83. The Balaban J connectivity index is 1.39.